The molecule has 0 fully saturated rings. The lowest BCUT2D eigenvalue weighted by Crippen LogP contribution is -2.37. The molecule has 0 atom stereocenters. The summed E-state index contributed by atoms with van der Waals surface area (Å²) in [6, 6.07) is 9.04. The lowest BCUT2D eigenvalue weighted by molar-refractivity contribution is -0.137. The number of rotatable bonds is 5. The monoisotopic (exact) mass is 394 g/mol. The van der Waals surface area contributed by atoms with Crippen molar-refractivity contribution in [3.05, 3.63) is 53.6 Å². The van der Waals surface area contributed by atoms with E-state index in [9.17, 15) is 22.8 Å². The third-order valence-corrected chi connectivity index (χ3v) is 4.14. The van der Waals surface area contributed by atoms with Crippen molar-refractivity contribution < 1.29 is 32.2 Å². The highest BCUT2D eigenvalue weighted by molar-refractivity contribution is 5.95. The van der Waals surface area contributed by atoms with Crippen molar-refractivity contribution in [2.45, 2.75) is 13.1 Å². The number of carbonyl (C=O) groups is 2. The van der Waals surface area contributed by atoms with Gasteiger partial charge < -0.3 is 19.7 Å². The molecule has 0 saturated heterocycles. The van der Waals surface area contributed by atoms with Crippen LogP contribution in [0.15, 0.2) is 42.5 Å². The van der Waals surface area contributed by atoms with Crippen LogP contribution >= 0.6 is 0 Å². The lowest BCUT2D eigenvalue weighted by Gasteiger charge is -2.22. The Bertz CT molecular complexity index is 882. The zero-order valence-electron chi connectivity index (χ0n) is 14.9. The van der Waals surface area contributed by atoms with Crippen LogP contribution in [0.5, 0.6) is 11.5 Å². The van der Waals surface area contributed by atoms with Gasteiger partial charge in [-0.05, 0) is 42.5 Å². The van der Waals surface area contributed by atoms with Gasteiger partial charge in [-0.25, -0.2) is 0 Å². The maximum Gasteiger partial charge on any atom is 0.416 e. The predicted octanol–water partition coefficient (Wildman–Crippen LogP) is 3.22. The standard InChI is InChI=1S/C19H17F3N2O4/c1-12(25)24(15-5-3-14(4-6-15)19(20,21)22)9-8-23-18(26)13-2-7-16-17(10-13)28-11-27-16/h2-7,10H,8-9,11H2,1H3,(H,23,26). The summed E-state index contributed by atoms with van der Waals surface area (Å²) in [4.78, 5) is 25.4. The Balaban J connectivity index is 1.61. The van der Waals surface area contributed by atoms with Crippen molar-refractivity contribution in [3.63, 3.8) is 0 Å². The van der Waals surface area contributed by atoms with Crippen LogP contribution in [0.3, 0.4) is 0 Å². The van der Waals surface area contributed by atoms with Crippen LogP contribution in [-0.4, -0.2) is 31.7 Å². The fourth-order valence-electron chi connectivity index (χ4n) is 2.72. The van der Waals surface area contributed by atoms with Crippen molar-refractivity contribution >= 4 is 17.5 Å². The second-order valence-corrected chi connectivity index (χ2v) is 6.04. The number of nitrogens with zero attached hydrogens (tertiary/aromatic N) is 1. The molecule has 3 rings (SSSR count). The molecule has 0 saturated carbocycles. The Morgan fingerprint density at radius 1 is 1.07 bits per heavy atom. The minimum Gasteiger partial charge on any atom is -0.454 e. The number of ether oxygens (including phenoxy) is 2. The van der Waals surface area contributed by atoms with Crippen LogP contribution in [0, 0.1) is 0 Å². The Kier molecular flexibility index (Phi) is 5.43. The normalized spacial score (nSPS) is 12.6. The zero-order chi connectivity index (χ0) is 20.3. The quantitative estimate of drug-likeness (QED) is 0.846. The van der Waals surface area contributed by atoms with Crippen LogP contribution in [0.2, 0.25) is 0 Å². The fraction of sp³-hybridized carbons (Fsp3) is 0.263. The largest absolute Gasteiger partial charge is 0.454 e. The lowest BCUT2D eigenvalue weighted by atomic mass is 10.2. The van der Waals surface area contributed by atoms with Gasteiger partial charge >= 0.3 is 6.18 Å². The summed E-state index contributed by atoms with van der Waals surface area (Å²) < 4.78 is 48.4. The van der Waals surface area contributed by atoms with E-state index in [2.05, 4.69) is 5.32 Å². The molecule has 2 aromatic carbocycles. The summed E-state index contributed by atoms with van der Waals surface area (Å²) in [5, 5.41) is 2.67. The maximum absolute atomic E-state index is 12.7. The Morgan fingerprint density at radius 2 is 1.75 bits per heavy atom. The fourth-order valence-corrected chi connectivity index (χ4v) is 2.72. The molecule has 1 N–H and O–H groups in total. The summed E-state index contributed by atoms with van der Waals surface area (Å²) in [6.45, 7) is 1.63. The molecule has 28 heavy (non-hydrogen) atoms. The smallest absolute Gasteiger partial charge is 0.416 e. The number of nitrogens with one attached hydrogen (secondary N) is 1. The van der Waals surface area contributed by atoms with E-state index in [1.807, 2.05) is 0 Å². The van der Waals surface area contributed by atoms with E-state index in [0.717, 1.165) is 12.1 Å². The molecule has 0 aliphatic carbocycles. The zero-order valence-corrected chi connectivity index (χ0v) is 14.9. The highest BCUT2D eigenvalue weighted by Gasteiger charge is 2.30. The number of hydrogen-bond acceptors (Lipinski definition) is 4. The minimum absolute atomic E-state index is 0.0983. The number of anilines is 1. The second kappa shape index (κ2) is 7.79. The average molecular weight is 394 g/mol. The third kappa shape index (κ3) is 4.36. The molecule has 0 aromatic heterocycles. The first-order valence-electron chi connectivity index (χ1n) is 8.39. The van der Waals surface area contributed by atoms with Crippen molar-refractivity contribution in [1.82, 2.24) is 5.32 Å². The maximum atomic E-state index is 12.7. The van der Waals surface area contributed by atoms with Gasteiger partial charge in [0.2, 0.25) is 12.7 Å². The molecule has 2 aromatic rings. The number of amides is 2. The van der Waals surface area contributed by atoms with Gasteiger partial charge in [0, 0.05) is 31.3 Å². The SMILES string of the molecule is CC(=O)N(CCNC(=O)c1ccc2c(c1)OCO2)c1ccc(C(F)(F)F)cc1. The third-order valence-electron chi connectivity index (χ3n) is 4.14. The molecule has 0 radical (unpaired) electrons. The molecule has 1 aliphatic rings. The van der Waals surface area contributed by atoms with Crippen LogP contribution in [0.25, 0.3) is 0 Å². The summed E-state index contributed by atoms with van der Waals surface area (Å²) in [5.41, 5.74) is -0.109. The summed E-state index contributed by atoms with van der Waals surface area (Å²) in [7, 11) is 0. The van der Waals surface area contributed by atoms with E-state index in [-0.39, 0.29) is 31.7 Å². The Labute approximate surface area is 158 Å². The highest BCUT2D eigenvalue weighted by atomic mass is 19.4. The first-order chi connectivity index (χ1) is 13.3. The summed E-state index contributed by atoms with van der Waals surface area (Å²) in [5.74, 6) is 0.315. The molecule has 1 aliphatic heterocycles. The van der Waals surface area contributed by atoms with E-state index in [1.165, 1.54) is 24.0 Å². The van der Waals surface area contributed by atoms with Gasteiger partial charge in [-0.15, -0.1) is 0 Å². The van der Waals surface area contributed by atoms with Gasteiger partial charge in [-0.2, -0.15) is 13.2 Å². The van der Waals surface area contributed by atoms with Gasteiger partial charge in [-0.1, -0.05) is 0 Å². The van der Waals surface area contributed by atoms with E-state index < -0.39 is 11.7 Å². The topological polar surface area (TPSA) is 67.9 Å². The van der Waals surface area contributed by atoms with E-state index in [4.69, 9.17) is 9.47 Å². The minimum atomic E-state index is -4.45. The number of fused-ring (bicyclic) bond motifs is 1. The van der Waals surface area contributed by atoms with Crippen molar-refractivity contribution in [2.24, 2.45) is 0 Å². The van der Waals surface area contributed by atoms with Crippen LogP contribution in [0.4, 0.5) is 18.9 Å². The molecule has 2 amide bonds. The van der Waals surface area contributed by atoms with Gasteiger partial charge in [0.25, 0.3) is 5.91 Å². The molecule has 0 unspecified atom stereocenters. The van der Waals surface area contributed by atoms with E-state index in [0.29, 0.717) is 22.7 Å². The molecule has 0 bridgehead atoms. The molecule has 6 nitrogen and oxygen atoms in total. The predicted molar refractivity (Wildman–Crippen MR) is 94.4 cm³/mol. The molecular formula is C19H17F3N2O4. The van der Waals surface area contributed by atoms with Crippen molar-refractivity contribution in [2.75, 3.05) is 24.8 Å². The highest BCUT2D eigenvalue weighted by Crippen LogP contribution is 2.32. The Hall–Kier alpha value is -3.23. The van der Waals surface area contributed by atoms with Gasteiger partial charge in [0.05, 0.1) is 5.56 Å². The van der Waals surface area contributed by atoms with Crippen LogP contribution < -0.4 is 19.7 Å². The van der Waals surface area contributed by atoms with Crippen LogP contribution in [0.1, 0.15) is 22.8 Å². The summed E-state index contributed by atoms with van der Waals surface area (Å²) in [6.07, 6.45) is -4.45. The van der Waals surface area contributed by atoms with Crippen LogP contribution in [-0.2, 0) is 11.0 Å². The number of benzene rings is 2. The van der Waals surface area contributed by atoms with Gasteiger partial charge in [0.15, 0.2) is 11.5 Å². The molecule has 0 spiro atoms. The second-order valence-electron chi connectivity index (χ2n) is 6.04. The van der Waals surface area contributed by atoms with Crippen molar-refractivity contribution in [3.8, 4) is 11.5 Å². The van der Waals surface area contributed by atoms with Gasteiger partial charge in [0.1, 0.15) is 0 Å². The average Bonchev–Trinajstić information content (AvgIpc) is 3.12. The number of hydrogen-bond donors (Lipinski definition) is 1. The molecule has 148 valence electrons. The Morgan fingerprint density at radius 3 is 2.39 bits per heavy atom. The first-order valence-corrected chi connectivity index (χ1v) is 8.39. The van der Waals surface area contributed by atoms with Gasteiger partial charge in [-0.3, -0.25) is 9.59 Å². The number of halogens is 3. The first kappa shape index (κ1) is 19.5. The van der Waals surface area contributed by atoms with E-state index >= 15 is 0 Å². The van der Waals surface area contributed by atoms with Crippen molar-refractivity contribution in [1.29, 1.82) is 0 Å². The molecule has 1 heterocycles. The van der Waals surface area contributed by atoms with E-state index in [1.54, 1.807) is 18.2 Å². The number of alkyl halides is 3. The molecule has 9 heteroatoms. The molecular weight excluding hydrogens is 377 g/mol. The number of carbonyl (C=O) groups excluding carboxylic acids is 2. The summed E-state index contributed by atoms with van der Waals surface area (Å²) >= 11 is 0.